The van der Waals surface area contributed by atoms with Crippen LogP contribution in [0.1, 0.15) is 30.1 Å². The van der Waals surface area contributed by atoms with Gasteiger partial charge in [-0.25, -0.2) is 0 Å². The van der Waals surface area contributed by atoms with E-state index >= 15 is 0 Å². The molecule has 0 spiro atoms. The number of benzene rings is 1. The summed E-state index contributed by atoms with van der Waals surface area (Å²) < 4.78 is 0. The topological polar surface area (TPSA) is 61.4 Å². The van der Waals surface area contributed by atoms with Crippen LogP contribution in [0.3, 0.4) is 0 Å². The van der Waals surface area contributed by atoms with Gasteiger partial charge in [0.1, 0.15) is 5.75 Å². The lowest BCUT2D eigenvalue weighted by molar-refractivity contribution is 0.0920. The zero-order valence-corrected chi connectivity index (χ0v) is 10.6. The molecule has 1 heterocycles. The van der Waals surface area contributed by atoms with Crippen molar-refractivity contribution < 1.29 is 9.90 Å². The van der Waals surface area contributed by atoms with E-state index in [0.29, 0.717) is 11.5 Å². The van der Waals surface area contributed by atoms with Gasteiger partial charge >= 0.3 is 0 Å². The van der Waals surface area contributed by atoms with Gasteiger partial charge in [-0.3, -0.25) is 4.79 Å². The number of aromatic hydroxyl groups is 1. The van der Waals surface area contributed by atoms with Gasteiger partial charge in [0.25, 0.3) is 5.91 Å². The van der Waals surface area contributed by atoms with Gasteiger partial charge in [-0.1, -0.05) is 0 Å². The highest BCUT2D eigenvalue weighted by Gasteiger charge is 2.21. The van der Waals surface area contributed by atoms with Crippen LogP contribution in [-0.2, 0) is 0 Å². The molecule has 18 heavy (non-hydrogen) atoms. The van der Waals surface area contributed by atoms with Crippen LogP contribution >= 0.6 is 0 Å². The van der Waals surface area contributed by atoms with Crippen molar-refractivity contribution in [3.8, 4) is 5.75 Å². The SMILES string of the molecule is CC(NC(=O)c1ccc(O)cc1)C1CCNCC1. The second-order valence-electron chi connectivity index (χ2n) is 4.90. The second-order valence-corrected chi connectivity index (χ2v) is 4.90. The first-order valence-corrected chi connectivity index (χ1v) is 6.47. The van der Waals surface area contributed by atoms with Gasteiger partial charge in [-0.15, -0.1) is 0 Å². The minimum atomic E-state index is -0.0685. The highest BCUT2D eigenvalue weighted by molar-refractivity contribution is 5.94. The zero-order chi connectivity index (χ0) is 13.0. The summed E-state index contributed by atoms with van der Waals surface area (Å²) in [6.07, 6.45) is 2.22. The second kappa shape index (κ2) is 5.87. The van der Waals surface area contributed by atoms with Crippen molar-refractivity contribution >= 4 is 5.91 Å². The molecule has 0 saturated carbocycles. The van der Waals surface area contributed by atoms with E-state index in [-0.39, 0.29) is 17.7 Å². The van der Waals surface area contributed by atoms with Crippen LogP contribution in [0.4, 0.5) is 0 Å². The largest absolute Gasteiger partial charge is 0.508 e. The molecule has 0 radical (unpaired) electrons. The Kier molecular flexibility index (Phi) is 4.20. The fourth-order valence-electron chi connectivity index (χ4n) is 2.37. The lowest BCUT2D eigenvalue weighted by atomic mass is 9.91. The Morgan fingerprint density at radius 3 is 2.56 bits per heavy atom. The molecular weight excluding hydrogens is 228 g/mol. The predicted octanol–water partition coefficient (Wildman–Crippen LogP) is 1.51. The number of carbonyl (C=O) groups excluding carboxylic acids is 1. The summed E-state index contributed by atoms with van der Waals surface area (Å²) in [6.45, 7) is 4.13. The molecule has 1 aliphatic heterocycles. The average molecular weight is 248 g/mol. The van der Waals surface area contributed by atoms with Crippen molar-refractivity contribution in [2.24, 2.45) is 5.92 Å². The number of carbonyl (C=O) groups is 1. The summed E-state index contributed by atoms with van der Waals surface area (Å²) >= 11 is 0. The minimum absolute atomic E-state index is 0.0685. The highest BCUT2D eigenvalue weighted by Crippen LogP contribution is 2.17. The molecule has 3 N–H and O–H groups in total. The van der Waals surface area contributed by atoms with E-state index in [4.69, 9.17) is 0 Å². The summed E-state index contributed by atoms with van der Waals surface area (Å²) in [5, 5.41) is 15.5. The molecule has 1 aromatic rings. The lowest BCUT2D eigenvalue weighted by Gasteiger charge is -2.28. The van der Waals surface area contributed by atoms with Crippen molar-refractivity contribution in [2.45, 2.75) is 25.8 Å². The molecule has 1 saturated heterocycles. The summed E-state index contributed by atoms with van der Waals surface area (Å²) in [7, 11) is 0. The Balaban J connectivity index is 1.91. The molecule has 98 valence electrons. The monoisotopic (exact) mass is 248 g/mol. The van der Waals surface area contributed by atoms with Crippen LogP contribution in [0.15, 0.2) is 24.3 Å². The number of phenolic OH excluding ortho intramolecular Hbond substituents is 1. The molecule has 4 nitrogen and oxygen atoms in total. The van der Waals surface area contributed by atoms with E-state index in [0.717, 1.165) is 25.9 Å². The van der Waals surface area contributed by atoms with E-state index in [1.165, 1.54) is 12.1 Å². The molecule has 1 fully saturated rings. The van der Waals surface area contributed by atoms with Gasteiger partial charge in [0.2, 0.25) is 0 Å². The Labute approximate surface area is 107 Å². The summed E-state index contributed by atoms with van der Waals surface area (Å²) in [6, 6.07) is 6.53. The summed E-state index contributed by atoms with van der Waals surface area (Å²) in [5.41, 5.74) is 0.591. The van der Waals surface area contributed by atoms with Gasteiger partial charge in [0.15, 0.2) is 0 Å². The Bertz CT molecular complexity index is 397. The summed E-state index contributed by atoms with van der Waals surface area (Å²) in [4.78, 5) is 12.0. The highest BCUT2D eigenvalue weighted by atomic mass is 16.3. The van der Waals surface area contributed by atoms with Crippen molar-refractivity contribution in [1.82, 2.24) is 10.6 Å². The Morgan fingerprint density at radius 1 is 1.33 bits per heavy atom. The van der Waals surface area contributed by atoms with Crippen LogP contribution in [0.2, 0.25) is 0 Å². The van der Waals surface area contributed by atoms with Crippen LogP contribution in [0.25, 0.3) is 0 Å². The van der Waals surface area contributed by atoms with Gasteiger partial charge in [0.05, 0.1) is 0 Å². The number of rotatable bonds is 3. The molecule has 1 aliphatic rings. The Morgan fingerprint density at radius 2 is 1.94 bits per heavy atom. The number of hydrogen-bond donors (Lipinski definition) is 3. The number of phenols is 1. The maximum atomic E-state index is 12.0. The predicted molar refractivity (Wildman–Crippen MR) is 70.6 cm³/mol. The molecule has 4 heteroatoms. The molecule has 1 aromatic carbocycles. The normalized spacial score (nSPS) is 18.3. The molecule has 1 amide bonds. The third-order valence-corrected chi connectivity index (χ3v) is 3.58. The van der Waals surface area contributed by atoms with Crippen LogP contribution in [0, 0.1) is 5.92 Å². The number of nitrogens with one attached hydrogen (secondary N) is 2. The maximum Gasteiger partial charge on any atom is 0.251 e. The van der Waals surface area contributed by atoms with E-state index in [9.17, 15) is 9.90 Å². The van der Waals surface area contributed by atoms with E-state index in [2.05, 4.69) is 17.6 Å². The number of amides is 1. The Hall–Kier alpha value is -1.55. The van der Waals surface area contributed by atoms with Gasteiger partial charge in [-0.2, -0.15) is 0 Å². The standard InChI is InChI=1S/C14H20N2O2/c1-10(11-6-8-15-9-7-11)16-14(18)12-2-4-13(17)5-3-12/h2-5,10-11,15,17H,6-9H2,1H3,(H,16,18). The minimum Gasteiger partial charge on any atom is -0.508 e. The van der Waals surface area contributed by atoms with Gasteiger partial charge < -0.3 is 15.7 Å². The first-order valence-electron chi connectivity index (χ1n) is 6.47. The number of piperidine rings is 1. The maximum absolute atomic E-state index is 12.0. The van der Waals surface area contributed by atoms with Crippen LogP contribution < -0.4 is 10.6 Å². The van der Waals surface area contributed by atoms with E-state index < -0.39 is 0 Å². The van der Waals surface area contributed by atoms with Gasteiger partial charge in [-0.05, 0) is 63.0 Å². The van der Waals surface area contributed by atoms with Crippen LogP contribution in [0.5, 0.6) is 5.75 Å². The summed E-state index contributed by atoms with van der Waals surface area (Å²) in [5.74, 6) is 0.659. The first-order chi connectivity index (χ1) is 8.66. The van der Waals surface area contributed by atoms with Crippen molar-refractivity contribution in [1.29, 1.82) is 0 Å². The van der Waals surface area contributed by atoms with Crippen molar-refractivity contribution in [3.63, 3.8) is 0 Å². The molecule has 1 atom stereocenters. The fourth-order valence-corrected chi connectivity index (χ4v) is 2.37. The first kappa shape index (κ1) is 12.9. The average Bonchev–Trinajstić information content (AvgIpc) is 2.40. The van der Waals surface area contributed by atoms with Crippen LogP contribution in [-0.4, -0.2) is 30.1 Å². The quantitative estimate of drug-likeness (QED) is 0.760. The molecule has 0 aromatic heterocycles. The molecule has 1 unspecified atom stereocenters. The molecule has 2 rings (SSSR count). The molecule has 0 bridgehead atoms. The smallest absolute Gasteiger partial charge is 0.251 e. The van der Waals surface area contributed by atoms with E-state index in [1.807, 2.05) is 0 Å². The third-order valence-electron chi connectivity index (χ3n) is 3.58. The van der Waals surface area contributed by atoms with Crippen molar-refractivity contribution in [2.75, 3.05) is 13.1 Å². The zero-order valence-electron chi connectivity index (χ0n) is 10.6. The fraction of sp³-hybridized carbons (Fsp3) is 0.500. The van der Waals surface area contributed by atoms with Crippen molar-refractivity contribution in [3.05, 3.63) is 29.8 Å². The molecular formula is C14H20N2O2. The lowest BCUT2D eigenvalue weighted by Crippen LogP contribution is -2.42. The molecule has 0 aliphatic carbocycles. The third kappa shape index (κ3) is 3.23. The number of hydrogen-bond acceptors (Lipinski definition) is 3. The van der Waals surface area contributed by atoms with Gasteiger partial charge in [0, 0.05) is 11.6 Å². The van der Waals surface area contributed by atoms with E-state index in [1.54, 1.807) is 12.1 Å².